The molecular weight excluding hydrogens is 274 g/mol. The lowest BCUT2D eigenvalue weighted by molar-refractivity contribution is 0.446. The van der Waals surface area contributed by atoms with Crippen LogP contribution in [0.3, 0.4) is 0 Å². The largest absolute Gasteiger partial charge is 0.465 e. The van der Waals surface area contributed by atoms with Crippen LogP contribution in [0.2, 0.25) is 5.02 Å². The van der Waals surface area contributed by atoms with E-state index < -0.39 is 0 Å². The van der Waals surface area contributed by atoms with Gasteiger partial charge in [0.1, 0.15) is 11.5 Å². The molecule has 0 aliphatic carbocycles. The van der Waals surface area contributed by atoms with Crippen molar-refractivity contribution >= 4 is 11.6 Å². The molecule has 0 aromatic carbocycles. The van der Waals surface area contributed by atoms with E-state index in [-0.39, 0.29) is 0 Å². The fraction of sp³-hybridized carbons (Fsp3) is 0.533. The Morgan fingerprint density at radius 1 is 1.40 bits per heavy atom. The molecule has 2 aromatic rings. The standard InChI is InChI=1S/C15H22ClN3O/c1-10(2)6-17-7-14-5-13(12(4)20-14)9-19-11(3)15(16)8-18-19/h5,8,10,17H,6-7,9H2,1-4H3. The molecule has 110 valence electrons. The predicted octanol–water partition coefficient (Wildman–Crippen LogP) is 3.54. The van der Waals surface area contributed by atoms with Crippen LogP contribution < -0.4 is 5.32 Å². The first-order chi connectivity index (χ1) is 9.47. The van der Waals surface area contributed by atoms with Gasteiger partial charge in [-0.1, -0.05) is 25.4 Å². The van der Waals surface area contributed by atoms with Crippen molar-refractivity contribution in [1.29, 1.82) is 0 Å². The zero-order valence-electron chi connectivity index (χ0n) is 12.5. The summed E-state index contributed by atoms with van der Waals surface area (Å²) in [5.41, 5.74) is 2.13. The number of furan rings is 1. The monoisotopic (exact) mass is 295 g/mol. The maximum atomic E-state index is 6.02. The highest BCUT2D eigenvalue weighted by Crippen LogP contribution is 2.19. The summed E-state index contributed by atoms with van der Waals surface area (Å²) in [6, 6.07) is 2.09. The predicted molar refractivity (Wildman–Crippen MR) is 81.1 cm³/mol. The van der Waals surface area contributed by atoms with Gasteiger partial charge in [-0.3, -0.25) is 4.68 Å². The molecule has 2 rings (SSSR count). The van der Waals surface area contributed by atoms with Gasteiger partial charge in [0.05, 0.1) is 30.0 Å². The van der Waals surface area contributed by atoms with Crippen molar-refractivity contribution in [1.82, 2.24) is 15.1 Å². The smallest absolute Gasteiger partial charge is 0.118 e. The molecular formula is C15H22ClN3O. The van der Waals surface area contributed by atoms with E-state index in [9.17, 15) is 0 Å². The van der Waals surface area contributed by atoms with E-state index in [0.29, 0.717) is 17.5 Å². The Hall–Kier alpha value is -1.26. The quantitative estimate of drug-likeness (QED) is 0.886. The SMILES string of the molecule is Cc1oc(CNCC(C)C)cc1Cn1ncc(Cl)c1C. The third-order valence-corrected chi connectivity index (χ3v) is 3.66. The lowest BCUT2D eigenvalue weighted by atomic mass is 10.2. The Kier molecular flexibility index (Phi) is 4.89. The van der Waals surface area contributed by atoms with Crippen LogP contribution in [0.5, 0.6) is 0 Å². The first kappa shape index (κ1) is 15.1. The lowest BCUT2D eigenvalue weighted by Crippen LogP contribution is -2.18. The van der Waals surface area contributed by atoms with Crippen LogP contribution >= 0.6 is 11.6 Å². The van der Waals surface area contributed by atoms with E-state index in [1.807, 2.05) is 18.5 Å². The summed E-state index contributed by atoms with van der Waals surface area (Å²) in [6.07, 6.45) is 1.68. The zero-order chi connectivity index (χ0) is 14.7. The van der Waals surface area contributed by atoms with Gasteiger partial charge in [-0.2, -0.15) is 5.10 Å². The molecule has 0 saturated heterocycles. The molecule has 0 unspecified atom stereocenters. The second kappa shape index (κ2) is 6.46. The average molecular weight is 296 g/mol. The first-order valence-electron chi connectivity index (χ1n) is 6.94. The molecule has 0 aliphatic rings. The molecule has 0 amide bonds. The molecule has 4 nitrogen and oxygen atoms in total. The van der Waals surface area contributed by atoms with Gasteiger partial charge >= 0.3 is 0 Å². The van der Waals surface area contributed by atoms with E-state index >= 15 is 0 Å². The summed E-state index contributed by atoms with van der Waals surface area (Å²) < 4.78 is 7.67. The Balaban J connectivity index is 2.02. The van der Waals surface area contributed by atoms with Gasteiger partial charge in [-0.15, -0.1) is 0 Å². The van der Waals surface area contributed by atoms with Crippen molar-refractivity contribution in [3.8, 4) is 0 Å². The fourth-order valence-corrected chi connectivity index (χ4v) is 2.20. The summed E-state index contributed by atoms with van der Waals surface area (Å²) in [6.45, 7) is 10.8. The highest BCUT2D eigenvalue weighted by atomic mass is 35.5. The number of nitrogens with one attached hydrogen (secondary N) is 1. The number of nitrogens with zero attached hydrogens (tertiary/aromatic N) is 2. The number of halogens is 1. The zero-order valence-corrected chi connectivity index (χ0v) is 13.3. The molecule has 0 fully saturated rings. The normalized spacial score (nSPS) is 11.5. The third-order valence-electron chi connectivity index (χ3n) is 3.29. The van der Waals surface area contributed by atoms with Crippen LogP contribution in [0.4, 0.5) is 0 Å². The minimum Gasteiger partial charge on any atom is -0.465 e. The van der Waals surface area contributed by atoms with Gasteiger partial charge in [0, 0.05) is 5.56 Å². The highest BCUT2D eigenvalue weighted by Gasteiger charge is 2.11. The molecule has 1 N–H and O–H groups in total. The summed E-state index contributed by atoms with van der Waals surface area (Å²) in [7, 11) is 0. The van der Waals surface area contributed by atoms with Crippen molar-refractivity contribution in [3.05, 3.63) is 40.1 Å². The van der Waals surface area contributed by atoms with Crippen LogP contribution in [0.15, 0.2) is 16.7 Å². The number of rotatable bonds is 6. The molecule has 2 aromatic heterocycles. The third kappa shape index (κ3) is 3.64. The average Bonchev–Trinajstić information content (AvgIpc) is 2.87. The van der Waals surface area contributed by atoms with Gasteiger partial charge in [0.15, 0.2) is 0 Å². The first-order valence-corrected chi connectivity index (χ1v) is 7.32. The van der Waals surface area contributed by atoms with Crippen molar-refractivity contribution in [3.63, 3.8) is 0 Å². The van der Waals surface area contributed by atoms with Gasteiger partial charge < -0.3 is 9.73 Å². The van der Waals surface area contributed by atoms with E-state index in [2.05, 4.69) is 30.3 Å². The van der Waals surface area contributed by atoms with Crippen molar-refractivity contribution < 1.29 is 4.42 Å². The Morgan fingerprint density at radius 3 is 2.75 bits per heavy atom. The number of aromatic nitrogens is 2. The molecule has 0 bridgehead atoms. The Morgan fingerprint density at radius 2 is 2.15 bits per heavy atom. The molecule has 0 atom stereocenters. The van der Waals surface area contributed by atoms with Crippen LogP contribution in [-0.2, 0) is 13.1 Å². The summed E-state index contributed by atoms with van der Waals surface area (Å²) in [5, 5.41) is 8.36. The van der Waals surface area contributed by atoms with Gasteiger partial charge in [0.2, 0.25) is 0 Å². The van der Waals surface area contributed by atoms with E-state index in [4.69, 9.17) is 16.0 Å². The maximum absolute atomic E-state index is 6.02. The Labute approximate surface area is 125 Å². The molecule has 5 heteroatoms. The summed E-state index contributed by atoms with van der Waals surface area (Å²) >= 11 is 6.02. The van der Waals surface area contributed by atoms with Crippen molar-refractivity contribution in [2.24, 2.45) is 5.92 Å². The van der Waals surface area contributed by atoms with E-state index in [1.165, 1.54) is 0 Å². The second-order valence-corrected chi connectivity index (χ2v) is 5.96. The minimum atomic E-state index is 0.638. The van der Waals surface area contributed by atoms with Gasteiger partial charge in [-0.25, -0.2) is 0 Å². The maximum Gasteiger partial charge on any atom is 0.118 e. The van der Waals surface area contributed by atoms with Crippen molar-refractivity contribution in [2.45, 2.75) is 40.8 Å². The van der Waals surface area contributed by atoms with Crippen molar-refractivity contribution in [2.75, 3.05) is 6.54 Å². The van der Waals surface area contributed by atoms with Crippen LogP contribution in [-0.4, -0.2) is 16.3 Å². The van der Waals surface area contributed by atoms with E-state index in [0.717, 1.165) is 35.9 Å². The van der Waals surface area contributed by atoms with Crippen LogP contribution in [0.25, 0.3) is 0 Å². The molecule has 2 heterocycles. The fourth-order valence-electron chi connectivity index (χ4n) is 2.06. The molecule has 0 aliphatic heterocycles. The summed E-state index contributed by atoms with van der Waals surface area (Å²) in [4.78, 5) is 0. The topological polar surface area (TPSA) is 43.0 Å². The molecule has 0 radical (unpaired) electrons. The Bertz CT molecular complexity index is 572. The number of hydrogen-bond acceptors (Lipinski definition) is 3. The minimum absolute atomic E-state index is 0.638. The van der Waals surface area contributed by atoms with Crippen LogP contribution in [0, 0.1) is 19.8 Å². The van der Waals surface area contributed by atoms with Gasteiger partial charge in [-0.05, 0) is 32.4 Å². The second-order valence-electron chi connectivity index (χ2n) is 5.55. The number of hydrogen-bond donors (Lipinski definition) is 1. The molecule has 20 heavy (non-hydrogen) atoms. The van der Waals surface area contributed by atoms with Gasteiger partial charge in [0.25, 0.3) is 0 Å². The summed E-state index contributed by atoms with van der Waals surface area (Å²) in [5.74, 6) is 2.55. The molecule has 0 spiro atoms. The molecule has 0 saturated carbocycles. The van der Waals surface area contributed by atoms with E-state index in [1.54, 1.807) is 6.20 Å². The van der Waals surface area contributed by atoms with Crippen LogP contribution in [0.1, 0.15) is 36.6 Å². The number of aryl methyl sites for hydroxylation is 1. The lowest BCUT2D eigenvalue weighted by Gasteiger charge is -2.04. The highest BCUT2D eigenvalue weighted by molar-refractivity contribution is 6.31.